The van der Waals surface area contributed by atoms with Crippen molar-refractivity contribution in [2.45, 2.75) is 39.0 Å². The van der Waals surface area contributed by atoms with Crippen molar-refractivity contribution < 1.29 is 4.79 Å². The van der Waals surface area contributed by atoms with Gasteiger partial charge in [-0.1, -0.05) is 30.2 Å². The van der Waals surface area contributed by atoms with E-state index in [0.29, 0.717) is 17.3 Å². The molecule has 1 heterocycles. The summed E-state index contributed by atoms with van der Waals surface area (Å²) in [6.07, 6.45) is 7.62. The lowest BCUT2D eigenvalue weighted by Crippen LogP contribution is -2.25. The molecule has 19 heavy (non-hydrogen) atoms. The highest BCUT2D eigenvalue weighted by atomic mass is 35.5. The molecule has 1 aromatic rings. The van der Waals surface area contributed by atoms with E-state index in [1.165, 1.54) is 24.8 Å². The van der Waals surface area contributed by atoms with Gasteiger partial charge in [0.05, 0.1) is 0 Å². The predicted octanol–water partition coefficient (Wildman–Crippen LogP) is 3.53. The topological polar surface area (TPSA) is 42.0 Å². The van der Waals surface area contributed by atoms with Crippen molar-refractivity contribution in [2.75, 3.05) is 6.54 Å². The number of nitrogens with zero attached hydrogens (tertiary/aromatic N) is 1. The number of aryl methyl sites for hydroxylation is 1. The summed E-state index contributed by atoms with van der Waals surface area (Å²) in [7, 11) is 0. The first kappa shape index (κ1) is 14.1. The van der Waals surface area contributed by atoms with Crippen LogP contribution in [-0.4, -0.2) is 17.4 Å². The Bertz CT molecular complexity index is 497. The molecule has 1 aliphatic carbocycles. The smallest absolute Gasteiger partial charge is 0.251 e. The minimum absolute atomic E-state index is 0.0717. The summed E-state index contributed by atoms with van der Waals surface area (Å²) in [4.78, 5) is 16.2. The number of amides is 1. The normalized spacial score (nSPS) is 14.3. The minimum atomic E-state index is -0.0717. The number of nitrogens with one attached hydrogen (secondary N) is 1. The van der Waals surface area contributed by atoms with Crippen molar-refractivity contribution in [1.82, 2.24) is 10.3 Å². The molecule has 2 rings (SSSR count). The molecule has 0 bridgehead atoms. The average Bonchev–Trinajstić information content (AvgIpc) is 2.91. The van der Waals surface area contributed by atoms with E-state index in [0.717, 1.165) is 18.5 Å². The zero-order chi connectivity index (χ0) is 13.7. The molecule has 3 nitrogen and oxygen atoms in total. The molecule has 0 radical (unpaired) electrons. The Kier molecular flexibility index (Phi) is 4.97. The quantitative estimate of drug-likeness (QED) is 0.661. The van der Waals surface area contributed by atoms with Gasteiger partial charge in [-0.25, -0.2) is 4.98 Å². The van der Waals surface area contributed by atoms with Gasteiger partial charge in [-0.15, -0.1) is 0 Å². The summed E-state index contributed by atoms with van der Waals surface area (Å²) in [6.45, 7) is 2.68. The Morgan fingerprint density at radius 1 is 1.47 bits per heavy atom. The fraction of sp³-hybridized carbons (Fsp3) is 0.467. The fourth-order valence-electron chi connectivity index (χ4n) is 2.27. The van der Waals surface area contributed by atoms with Crippen LogP contribution in [0.15, 0.2) is 23.8 Å². The van der Waals surface area contributed by atoms with Gasteiger partial charge in [-0.05, 0) is 44.2 Å². The first-order valence-electron chi connectivity index (χ1n) is 6.81. The zero-order valence-corrected chi connectivity index (χ0v) is 12.0. The Hall–Kier alpha value is -1.35. The second kappa shape index (κ2) is 6.71. The summed E-state index contributed by atoms with van der Waals surface area (Å²) in [5.41, 5.74) is 2.90. The first-order valence-corrected chi connectivity index (χ1v) is 7.19. The largest absolute Gasteiger partial charge is 0.352 e. The number of halogens is 1. The van der Waals surface area contributed by atoms with Gasteiger partial charge >= 0.3 is 0 Å². The van der Waals surface area contributed by atoms with Crippen LogP contribution in [-0.2, 0) is 6.42 Å². The molecule has 0 saturated carbocycles. The molecule has 4 heteroatoms. The summed E-state index contributed by atoms with van der Waals surface area (Å²) in [5, 5.41) is 3.32. The second-order valence-corrected chi connectivity index (χ2v) is 5.17. The highest BCUT2D eigenvalue weighted by molar-refractivity contribution is 6.29. The van der Waals surface area contributed by atoms with Crippen LogP contribution in [0.25, 0.3) is 0 Å². The molecule has 0 aromatic carbocycles. The lowest BCUT2D eigenvalue weighted by Gasteiger charge is -2.07. The van der Waals surface area contributed by atoms with Gasteiger partial charge < -0.3 is 5.32 Å². The summed E-state index contributed by atoms with van der Waals surface area (Å²) in [6, 6.07) is 3.42. The van der Waals surface area contributed by atoms with Crippen molar-refractivity contribution in [2.24, 2.45) is 0 Å². The number of aromatic nitrogens is 1. The Morgan fingerprint density at radius 3 is 3.00 bits per heavy atom. The van der Waals surface area contributed by atoms with Crippen LogP contribution in [0.5, 0.6) is 0 Å². The number of rotatable bonds is 5. The Balaban J connectivity index is 1.90. The number of carbonyl (C=O) groups is 1. The van der Waals surface area contributed by atoms with Gasteiger partial charge in [0.25, 0.3) is 5.91 Å². The highest BCUT2D eigenvalue weighted by Gasteiger charge is 2.09. The van der Waals surface area contributed by atoms with E-state index in [9.17, 15) is 4.79 Å². The van der Waals surface area contributed by atoms with Gasteiger partial charge in [0.1, 0.15) is 5.15 Å². The number of allylic oxidation sites excluding steroid dienone is 1. The van der Waals surface area contributed by atoms with Crippen molar-refractivity contribution in [3.63, 3.8) is 0 Å². The number of hydrogen-bond donors (Lipinski definition) is 1. The molecule has 0 fully saturated rings. The number of pyridine rings is 1. The molecule has 0 saturated heterocycles. The molecule has 1 aromatic heterocycles. The van der Waals surface area contributed by atoms with E-state index in [2.05, 4.69) is 16.4 Å². The maximum atomic E-state index is 12.0. The SMILES string of the molecule is CCc1cc(C(=O)NCCC2=CCCC2)cc(Cl)n1. The van der Waals surface area contributed by atoms with Gasteiger partial charge in [-0.3, -0.25) is 4.79 Å². The van der Waals surface area contributed by atoms with Crippen molar-refractivity contribution >= 4 is 17.5 Å². The van der Waals surface area contributed by atoms with Crippen LogP contribution in [0.2, 0.25) is 5.15 Å². The lowest BCUT2D eigenvalue weighted by molar-refractivity contribution is 0.0954. The Labute approximate surface area is 119 Å². The van der Waals surface area contributed by atoms with Crippen molar-refractivity contribution in [3.8, 4) is 0 Å². The minimum Gasteiger partial charge on any atom is -0.352 e. The van der Waals surface area contributed by atoms with Gasteiger partial charge in [0.2, 0.25) is 0 Å². The first-order chi connectivity index (χ1) is 9.19. The molecule has 0 aliphatic heterocycles. The third kappa shape index (κ3) is 4.06. The van der Waals surface area contributed by atoms with Crippen molar-refractivity contribution in [1.29, 1.82) is 0 Å². The van der Waals surface area contributed by atoms with Gasteiger partial charge in [0, 0.05) is 17.8 Å². The van der Waals surface area contributed by atoms with E-state index in [1.807, 2.05) is 6.92 Å². The van der Waals surface area contributed by atoms with Gasteiger partial charge in [0.15, 0.2) is 0 Å². The molecular weight excluding hydrogens is 260 g/mol. The van der Waals surface area contributed by atoms with E-state index in [1.54, 1.807) is 12.1 Å². The standard InChI is InChI=1S/C15H19ClN2O/c1-2-13-9-12(10-14(16)18-13)15(19)17-8-7-11-5-3-4-6-11/h5,9-10H,2-4,6-8H2,1H3,(H,17,19). The number of hydrogen-bond acceptors (Lipinski definition) is 2. The van der Waals surface area contributed by atoms with E-state index < -0.39 is 0 Å². The van der Waals surface area contributed by atoms with Crippen LogP contribution < -0.4 is 5.32 Å². The third-order valence-electron chi connectivity index (χ3n) is 3.34. The average molecular weight is 279 g/mol. The predicted molar refractivity (Wildman–Crippen MR) is 77.5 cm³/mol. The molecule has 0 atom stereocenters. The lowest BCUT2D eigenvalue weighted by atomic mass is 10.1. The van der Waals surface area contributed by atoms with Crippen LogP contribution in [0.4, 0.5) is 0 Å². The van der Waals surface area contributed by atoms with Crippen LogP contribution in [0.1, 0.15) is 48.7 Å². The summed E-state index contributed by atoms with van der Waals surface area (Å²) in [5.74, 6) is -0.0717. The van der Waals surface area contributed by atoms with Crippen LogP contribution >= 0.6 is 11.6 Å². The van der Waals surface area contributed by atoms with Crippen LogP contribution in [0.3, 0.4) is 0 Å². The molecule has 1 amide bonds. The van der Waals surface area contributed by atoms with E-state index in [-0.39, 0.29) is 5.91 Å². The van der Waals surface area contributed by atoms with Crippen molar-refractivity contribution in [3.05, 3.63) is 40.2 Å². The Morgan fingerprint density at radius 2 is 2.32 bits per heavy atom. The monoisotopic (exact) mass is 278 g/mol. The van der Waals surface area contributed by atoms with Gasteiger partial charge in [-0.2, -0.15) is 0 Å². The van der Waals surface area contributed by atoms with E-state index >= 15 is 0 Å². The molecule has 1 N–H and O–H groups in total. The maximum absolute atomic E-state index is 12.0. The number of carbonyl (C=O) groups excluding carboxylic acids is 1. The molecule has 1 aliphatic rings. The molecule has 0 unspecified atom stereocenters. The van der Waals surface area contributed by atoms with E-state index in [4.69, 9.17) is 11.6 Å². The second-order valence-electron chi connectivity index (χ2n) is 4.78. The zero-order valence-electron chi connectivity index (χ0n) is 11.2. The summed E-state index contributed by atoms with van der Waals surface area (Å²) < 4.78 is 0. The highest BCUT2D eigenvalue weighted by Crippen LogP contribution is 2.19. The third-order valence-corrected chi connectivity index (χ3v) is 3.53. The molecular formula is C15H19ClN2O. The fourth-order valence-corrected chi connectivity index (χ4v) is 2.49. The molecule has 102 valence electrons. The maximum Gasteiger partial charge on any atom is 0.251 e. The summed E-state index contributed by atoms with van der Waals surface area (Å²) >= 11 is 5.91. The molecule has 0 spiro atoms. The van der Waals surface area contributed by atoms with Crippen LogP contribution in [0, 0.1) is 0 Å².